The molecule has 4 rings (SSSR count). The summed E-state index contributed by atoms with van der Waals surface area (Å²) in [6, 6.07) is 8.92. The lowest BCUT2D eigenvalue weighted by atomic mass is 9.94. The van der Waals surface area contributed by atoms with Crippen LogP contribution in [0.3, 0.4) is 0 Å². The smallest absolute Gasteiger partial charge is 0.282 e. The van der Waals surface area contributed by atoms with Crippen molar-refractivity contribution in [1.82, 2.24) is 19.8 Å². The van der Waals surface area contributed by atoms with Gasteiger partial charge in [-0.15, -0.1) is 0 Å². The van der Waals surface area contributed by atoms with Gasteiger partial charge >= 0.3 is 0 Å². The van der Waals surface area contributed by atoms with Gasteiger partial charge in [-0.2, -0.15) is 0 Å². The molecule has 1 unspecified atom stereocenters. The Kier molecular flexibility index (Phi) is 9.14. The Hall–Kier alpha value is -2.29. The number of rotatable bonds is 8. The quantitative estimate of drug-likeness (QED) is 0.515. The molecule has 198 valence electrons. The molecule has 1 aliphatic heterocycles. The lowest BCUT2D eigenvalue weighted by molar-refractivity contribution is 0.0797. The second kappa shape index (κ2) is 12.3. The molecule has 1 aromatic heterocycles. The summed E-state index contributed by atoms with van der Waals surface area (Å²) in [4.78, 5) is 33.5. The maximum atomic E-state index is 13.6. The average molecular weight is 499 g/mol. The Morgan fingerprint density at radius 2 is 1.81 bits per heavy atom. The highest BCUT2D eigenvalue weighted by Crippen LogP contribution is 2.35. The van der Waals surface area contributed by atoms with Crippen LogP contribution in [0.5, 0.6) is 0 Å². The minimum absolute atomic E-state index is 0.105. The average Bonchev–Trinajstić information content (AvgIpc) is 3.21. The van der Waals surface area contributed by atoms with Crippen molar-refractivity contribution in [1.29, 1.82) is 0 Å². The van der Waals surface area contributed by atoms with E-state index in [-0.39, 0.29) is 18.3 Å². The summed E-state index contributed by atoms with van der Waals surface area (Å²) in [5.41, 5.74) is 0.724. The number of hydrogen-bond donors (Lipinski definition) is 3. The van der Waals surface area contributed by atoms with Crippen LogP contribution in [0.25, 0.3) is 11.0 Å². The van der Waals surface area contributed by atoms with Gasteiger partial charge in [-0.05, 0) is 58.1 Å². The van der Waals surface area contributed by atoms with Gasteiger partial charge in [-0.25, -0.2) is 4.98 Å². The van der Waals surface area contributed by atoms with Crippen molar-refractivity contribution >= 4 is 16.9 Å². The Bertz CT molecular complexity index is 1080. The van der Waals surface area contributed by atoms with Gasteiger partial charge in [0.25, 0.3) is 11.5 Å². The van der Waals surface area contributed by atoms with E-state index in [1.54, 1.807) is 4.57 Å². The van der Waals surface area contributed by atoms with E-state index in [2.05, 4.69) is 29.0 Å². The van der Waals surface area contributed by atoms with E-state index in [0.717, 1.165) is 18.4 Å². The number of para-hydroxylation sites is 2. The fourth-order valence-corrected chi connectivity index (χ4v) is 6.32. The molecule has 1 amide bonds. The van der Waals surface area contributed by atoms with Crippen LogP contribution in [0.1, 0.15) is 94.6 Å². The molecule has 0 bridgehead atoms. The maximum Gasteiger partial charge on any atom is 0.282 e. The third-order valence-corrected chi connectivity index (χ3v) is 8.12. The second-order valence-electron chi connectivity index (χ2n) is 10.8. The van der Waals surface area contributed by atoms with Crippen molar-refractivity contribution in [2.75, 3.05) is 13.2 Å². The zero-order valence-corrected chi connectivity index (χ0v) is 21.7. The highest BCUT2D eigenvalue weighted by atomic mass is 16.3. The lowest BCUT2D eigenvalue weighted by Gasteiger charge is -2.38. The van der Waals surface area contributed by atoms with Gasteiger partial charge < -0.3 is 20.1 Å². The zero-order valence-electron chi connectivity index (χ0n) is 21.7. The molecule has 3 N–H and O–H groups in total. The van der Waals surface area contributed by atoms with E-state index >= 15 is 0 Å². The number of likely N-dealkylation sites (tertiary alicyclic amines) is 1. The van der Waals surface area contributed by atoms with Crippen LogP contribution < -0.4 is 10.9 Å². The number of aliphatic hydroxyl groups is 2. The molecule has 0 radical (unpaired) electrons. The Morgan fingerprint density at radius 3 is 2.53 bits per heavy atom. The van der Waals surface area contributed by atoms with Crippen molar-refractivity contribution in [3.05, 3.63) is 40.3 Å². The summed E-state index contributed by atoms with van der Waals surface area (Å²) in [6.45, 7) is 3.81. The number of nitrogens with one attached hydrogen (secondary N) is 1. The monoisotopic (exact) mass is 498 g/mol. The number of benzene rings is 1. The van der Waals surface area contributed by atoms with Gasteiger partial charge in [0.05, 0.1) is 23.7 Å². The number of aliphatic hydroxyl groups excluding tert-OH is 2. The van der Waals surface area contributed by atoms with Crippen LogP contribution in [-0.2, 0) is 0 Å². The molecule has 8 nitrogen and oxygen atoms in total. The number of carbonyl (C=O) groups is 1. The summed E-state index contributed by atoms with van der Waals surface area (Å²) in [6.07, 6.45) is 11.2. The molecule has 1 aromatic carbocycles. The summed E-state index contributed by atoms with van der Waals surface area (Å²) >= 11 is 0. The van der Waals surface area contributed by atoms with Gasteiger partial charge in [0.2, 0.25) is 0 Å². The van der Waals surface area contributed by atoms with E-state index in [1.165, 1.54) is 51.4 Å². The van der Waals surface area contributed by atoms with Crippen LogP contribution in [-0.4, -0.2) is 68.0 Å². The molecule has 1 saturated heterocycles. The van der Waals surface area contributed by atoms with Gasteiger partial charge in [0.1, 0.15) is 0 Å². The molecule has 1 aliphatic carbocycles. The molecule has 36 heavy (non-hydrogen) atoms. The van der Waals surface area contributed by atoms with E-state index in [0.29, 0.717) is 23.6 Å². The fraction of sp³-hybridized carbons (Fsp3) is 0.679. The standard InChI is InChI=1S/C28H42N4O4/c1-19-14-15-22(31(19)21-10-6-4-3-5-7-11-21)16-20(2)32-25-13-9-8-12-24(25)30-26(28(32)36)27(35)29-17-23(34)18-33/h8-9,12-13,19-23,33-34H,3-7,10-11,14-18H2,1-2H3,(H,29,35)/t19-,20-,22-,23?/m0/s1. The van der Waals surface area contributed by atoms with Crippen LogP contribution in [0.4, 0.5) is 0 Å². The third kappa shape index (κ3) is 5.98. The maximum absolute atomic E-state index is 13.6. The minimum Gasteiger partial charge on any atom is -0.394 e. The van der Waals surface area contributed by atoms with Gasteiger partial charge in [-0.1, -0.05) is 44.2 Å². The predicted molar refractivity (Wildman–Crippen MR) is 141 cm³/mol. The van der Waals surface area contributed by atoms with Crippen molar-refractivity contribution in [3.8, 4) is 0 Å². The normalized spacial score (nSPS) is 23.8. The fourth-order valence-electron chi connectivity index (χ4n) is 6.32. The van der Waals surface area contributed by atoms with Crippen LogP contribution >= 0.6 is 0 Å². The summed E-state index contributed by atoms with van der Waals surface area (Å²) in [5.74, 6) is -0.634. The van der Waals surface area contributed by atoms with E-state index in [1.807, 2.05) is 24.3 Å². The predicted octanol–water partition coefficient (Wildman–Crippen LogP) is 3.40. The number of amides is 1. The van der Waals surface area contributed by atoms with Crippen LogP contribution in [0, 0.1) is 0 Å². The van der Waals surface area contributed by atoms with Crippen LogP contribution in [0.15, 0.2) is 29.1 Å². The SMILES string of the molecule is C[C@H]1CC[C@@H](C[C@H](C)n2c(=O)c(C(=O)NCC(O)CO)nc3ccccc32)N1C1CCCCCCC1. The Balaban J connectivity index is 1.61. The Morgan fingerprint density at radius 1 is 1.11 bits per heavy atom. The van der Waals surface area contributed by atoms with Crippen molar-refractivity contribution in [2.45, 2.75) is 108 Å². The molecule has 1 saturated carbocycles. The number of carbonyl (C=O) groups excluding carboxylic acids is 1. The largest absolute Gasteiger partial charge is 0.394 e. The minimum atomic E-state index is -1.08. The van der Waals surface area contributed by atoms with E-state index in [9.17, 15) is 14.7 Å². The molecular formula is C28H42N4O4. The third-order valence-electron chi connectivity index (χ3n) is 8.12. The molecule has 2 aliphatic rings. The first kappa shape index (κ1) is 26.8. The zero-order chi connectivity index (χ0) is 25.7. The Labute approximate surface area is 213 Å². The van der Waals surface area contributed by atoms with Gasteiger partial charge in [0.15, 0.2) is 5.69 Å². The van der Waals surface area contributed by atoms with E-state index < -0.39 is 24.2 Å². The summed E-state index contributed by atoms with van der Waals surface area (Å²) < 4.78 is 1.74. The molecule has 2 aromatic rings. The number of fused-ring (bicyclic) bond motifs is 1. The molecule has 8 heteroatoms. The second-order valence-corrected chi connectivity index (χ2v) is 10.8. The van der Waals surface area contributed by atoms with Crippen molar-refractivity contribution in [2.24, 2.45) is 0 Å². The lowest BCUT2D eigenvalue weighted by Crippen LogP contribution is -2.45. The molecule has 4 atom stereocenters. The molecule has 2 heterocycles. The molecule has 2 fully saturated rings. The summed E-state index contributed by atoms with van der Waals surface area (Å²) in [7, 11) is 0. The highest BCUT2D eigenvalue weighted by molar-refractivity contribution is 5.93. The first-order valence-electron chi connectivity index (χ1n) is 13.8. The van der Waals surface area contributed by atoms with Gasteiger partial charge in [0, 0.05) is 30.7 Å². The first-order valence-corrected chi connectivity index (χ1v) is 13.8. The number of aromatic nitrogens is 2. The highest BCUT2D eigenvalue weighted by Gasteiger charge is 2.36. The molecular weight excluding hydrogens is 456 g/mol. The first-order chi connectivity index (χ1) is 17.4. The van der Waals surface area contributed by atoms with E-state index in [4.69, 9.17) is 5.11 Å². The number of hydrogen-bond acceptors (Lipinski definition) is 6. The van der Waals surface area contributed by atoms with Crippen molar-refractivity contribution in [3.63, 3.8) is 0 Å². The van der Waals surface area contributed by atoms with Gasteiger partial charge in [-0.3, -0.25) is 14.5 Å². The molecule has 0 spiro atoms. The summed E-state index contributed by atoms with van der Waals surface area (Å²) in [5, 5.41) is 21.2. The van der Waals surface area contributed by atoms with Crippen molar-refractivity contribution < 1.29 is 15.0 Å². The number of nitrogens with zero attached hydrogens (tertiary/aromatic N) is 3. The van der Waals surface area contributed by atoms with Crippen LogP contribution in [0.2, 0.25) is 0 Å². The topological polar surface area (TPSA) is 108 Å².